The lowest BCUT2D eigenvalue weighted by Gasteiger charge is -2.22. The molecule has 1 aliphatic rings. The SMILES string of the molecule is Cc1noc(COc2ccc3c(c2)[C@@H](N)CCC3)n1. The van der Waals surface area contributed by atoms with Gasteiger partial charge in [-0.3, -0.25) is 0 Å². The molecule has 0 aliphatic heterocycles. The summed E-state index contributed by atoms with van der Waals surface area (Å²) in [4.78, 5) is 4.10. The lowest BCUT2D eigenvalue weighted by molar-refractivity contribution is 0.242. The van der Waals surface area contributed by atoms with Crippen molar-refractivity contribution in [3.8, 4) is 5.75 Å². The van der Waals surface area contributed by atoms with Gasteiger partial charge in [0, 0.05) is 6.04 Å². The summed E-state index contributed by atoms with van der Waals surface area (Å²) in [6, 6.07) is 6.23. The Morgan fingerprint density at radius 3 is 3.16 bits per heavy atom. The van der Waals surface area contributed by atoms with Gasteiger partial charge in [-0.1, -0.05) is 11.2 Å². The molecule has 1 aromatic heterocycles. The minimum absolute atomic E-state index is 0.123. The van der Waals surface area contributed by atoms with E-state index in [1.807, 2.05) is 12.1 Å². The van der Waals surface area contributed by atoms with Gasteiger partial charge in [-0.25, -0.2) is 0 Å². The number of nitrogens with two attached hydrogens (primary N) is 1. The molecule has 0 fully saturated rings. The van der Waals surface area contributed by atoms with E-state index in [0.29, 0.717) is 11.7 Å². The third-order valence-corrected chi connectivity index (χ3v) is 3.41. The molecule has 1 heterocycles. The standard InChI is InChI=1S/C14H17N3O2/c1-9-16-14(19-17-9)8-18-11-6-5-10-3-2-4-13(15)12(10)7-11/h5-7,13H,2-4,8,15H2,1H3/t13-/m0/s1. The van der Waals surface area contributed by atoms with Crippen LogP contribution in [0.1, 0.15) is 41.7 Å². The molecule has 0 radical (unpaired) electrons. The van der Waals surface area contributed by atoms with Gasteiger partial charge in [0.15, 0.2) is 12.4 Å². The maximum atomic E-state index is 6.13. The molecule has 0 bridgehead atoms. The molecule has 5 nitrogen and oxygen atoms in total. The minimum atomic E-state index is 0.123. The number of aryl methyl sites for hydroxylation is 2. The van der Waals surface area contributed by atoms with E-state index < -0.39 is 0 Å². The summed E-state index contributed by atoms with van der Waals surface area (Å²) in [7, 11) is 0. The van der Waals surface area contributed by atoms with Crippen molar-refractivity contribution in [3.05, 3.63) is 41.0 Å². The first-order valence-corrected chi connectivity index (χ1v) is 6.53. The Balaban J connectivity index is 1.73. The van der Waals surface area contributed by atoms with E-state index in [2.05, 4.69) is 16.2 Å². The third-order valence-electron chi connectivity index (χ3n) is 3.41. The van der Waals surface area contributed by atoms with Crippen molar-refractivity contribution in [1.29, 1.82) is 0 Å². The van der Waals surface area contributed by atoms with Crippen molar-refractivity contribution in [2.45, 2.75) is 38.8 Å². The zero-order valence-corrected chi connectivity index (χ0v) is 10.9. The van der Waals surface area contributed by atoms with Crippen LogP contribution in [0.5, 0.6) is 5.75 Å². The summed E-state index contributed by atoms with van der Waals surface area (Å²) in [5.74, 6) is 1.90. The predicted octanol–water partition coefficient (Wildman–Crippen LogP) is 2.29. The summed E-state index contributed by atoms with van der Waals surface area (Å²) in [6.45, 7) is 2.07. The molecule has 19 heavy (non-hydrogen) atoms. The zero-order chi connectivity index (χ0) is 13.2. The van der Waals surface area contributed by atoms with Crippen LogP contribution < -0.4 is 10.5 Å². The second kappa shape index (κ2) is 5.01. The van der Waals surface area contributed by atoms with Gasteiger partial charge >= 0.3 is 0 Å². The van der Waals surface area contributed by atoms with E-state index in [1.54, 1.807) is 6.92 Å². The predicted molar refractivity (Wildman–Crippen MR) is 69.7 cm³/mol. The van der Waals surface area contributed by atoms with Gasteiger partial charge in [-0.05, 0) is 49.4 Å². The Bertz CT molecular complexity index is 580. The van der Waals surface area contributed by atoms with Crippen molar-refractivity contribution in [2.75, 3.05) is 0 Å². The molecule has 5 heteroatoms. The fourth-order valence-electron chi connectivity index (χ4n) is 2.45. The maximum Gasteiger partial charge on any atom is 0.264 e. The number of aromatic nitrogens is 2. The van der Waals surface area contributed by atoms with Crippen LogP contribution in [0.4, 0.5) is 0 Å². The summed E-state index contributed by atoms with van der Waals surface area (Å²) < 4.78 is 10.7. The average molecular weight is 259 g/mol. The third kappa shape index (κ3) is 2.61. The smallest absolute Gasteiger partial charge is 0.264 e. The van der Waals surface area contributed by atoms with Crippen LogP contribution in [0.15, 0.2) is 22.7 Å². The first-order chi connectivity index (χ1) is 9.22. The first kappa shape index (κ1) is 12.2. The molecule has 2 aromatic rings. The topological polar surface area (TPSA) is 74.2 Å². The molecule has 3 rings (SSSR count). The molecule has 1 atom stereocenters. The molecule has 1 aliphatic carbocycles. The van der Waals surface area contributed by atoms with Gasteiger partial charge in [0.1, 0.15) is 5.75 Å². The average Bonchev–Trinajstić information content (AvgIpc) is 2.83. The largest absolute Gasteiger partial charge is 0.484 e. The van der Waals surface area contributed by atoms with E-state index in [4.69, 9.17) is 15.0 Å². The quantitative estimate of drug-likeness (QED) is 0.915. The molecule has 100 valence electrons. The zero-order valence-electron chi connectivity index (χ0n) is 10.9. The van der Waals surface area contributed by atoms with E-state index in [1.165, 1.54) is 11.1 Å². The monoisotopic (exact) mass is 259 g/mol. The van der Waals surface area contributed by atoms with Gasteiger partial charge < -0.3 is 15.0 Å². The van der Waals surface area contributed by atoms with Crippen LogP contribution in [0, 0.1) is 6.92 Å². The number of benzene rings is 1. The Labute approximate surface area is 111 Å². The van der Waals surface area contributed by atoms with Crippen LogP contribution in [0.25, 0.3) is 0 Å². The Morgan fingerprint density at radius 2 is 2.37 bits per heavy atom. The van der Waals surface area contributed by atoms with Crippen LogP contribution in [0.3, 0.4) is 0 Å². The lowest BCUT2D eigenvalue weighted by Crippen LogP contribution is -2.17. The molecule has 0 amide bonds. The van der Waals surface area contributed by atoms with Crippen molar-refractivity contribution in [1.82, 2.24) is 10.1 Å². The van der Waals surface area contributed by atoms with Gasteiger partial charge in [0.25, 0.3) is 5.89 Å². The lowest BCUT2D eigenvalue weighted by atomic mass is 9.88. The molecule has 0 spiro atoms. The number of rotatable bonds is 3. The normalized spacial score (nSPS) is 18.1. The van der Waals surface area contributed by atoms with Gasteiger partial charge in [0.2, 0.25) is 0 Å². The summed E-state index contributed by atoms with van der Waals surface area (Å²) in [5, 5.41) is 3.73. The maximum absolute atomic E-state index is 6.13. The number of nitrogens with zero attached hydrogens (tertiary/aromatic N) is 2. The Morgan fingerprint density at radius 1 is 1.47 bits per heavy atom. The van der Waals surface area contributed by atoms with Crippen LogP contribution in [0.2, 0.25) is 0 Å². The first-order valence-electron chi connectivity index (χ1n) is 6.53. The molecule has 1 aromatic carbocycles. The van der Waals surface area contributed by atoms with E-state index in [9.17, 15) is 0 Å². The summed E-state index contributed by atoms with van der Waals surface area (Å²) in [5.41, 5.74) is 8.66. The van der Waals surface area contributed by atoms with Crippen molar-refractivity contribution in [3.63, 3.8) is 0 Å². The fourth-order valence-corrected chi connectivity index (χ4v) is 2.45. The Kier molecular flexibility index (Phi) is 3.21. The highest BCUT2D eigenvalue weighted by molar-refractivity contribution is 5.39. The molecule has 0 saturated heterocycles. The fraction of sp³-hybridized carbons (Fsp3) is 0.429. The second-order valence-corrected chi connectivity index (χ2v) is 4.88. The molecular formula is C14H17N3O2. The molecule has 2 N–H and O–H groups in total. The summed E-state index contributed by atoms with van der Waals surface area (Å²) >= 11 is 0. The number of hydrogen-bond acceptors (Lipinski definition) is 5. The van der Waals surface area contributed by atoms with Crippen LogP contribution in [-0.2, 0) is 13.0 Å². The molecular weight excluding hydrogens is 242 g/mol. The summed E-state index contributed by atoms with van der Waals surface area (Å²) in [6.07, 6.45) is 3.31. The molecule has 0 unspecified atom stereocenters. The number of fused-ring (bicyclic) bond motifs is 1. The van der Waals surface area contributed by atoms with Crippen molar-refractivity contribution in [2.24, 2.45) is 5.73 Å². The second-order valence-electron chi connectivity index (χ2n) is 4.88. The van der Waals surface area contributed by atoms with Gasteiger partial charge in [0.05, 0.1) is 0 Å². The van der Waals surface area contributed by atoms with Gasteiger partial charge in [-0.15, -0.1) is 0 Å². The highest BCUT2D eigenvalue weighted by Gasteiger charge is 2.17. The van der Waals surface area contributed by atoms with Crippen molar-refractivity contribution >= 4 is 0 Å². The van der Waals surface area contributed by atoms with Crippen LogP contribution >= 0.6 is 0 Å². The highest BCUT2D eigenvalue weighted by atomic mass is 16.5. The minimum Gasteiger partial charge on any atom is -0.484 e. The molecule has 0 saturated carbocycles. The van der Waals surface area contributed by atoms with Gasteiger partial charge in [-0.2, -0.15) is 4.98 Å². The van der Waals surface area contributed by atoms with Crippen LogP contribution in [-0.4, -0.2) is 10.1 Å². The van der Waals surface area contributed by atoms with Crippen molar-refractivity contribution < 1.29 is 9.26 Å². The van der Waals surface area contributed by atoms with E-state index >= 15 is 0 Å². The van der Waals surface area contributed by atoms with E-state index in [0.717, 1.165) is 25.0 Å². The highest BCUT2D eigenvalue weighted by Crippen LogP contribution is 2.31. The van der Waals surface area contributed by atoms with E-state index in [-0.39, 0.29) is 12.6 Å². The number of ether oxygens (including phenoxy) is 1. The Hall–Kier alpha value is -1.88. The number of hydrogen-bond donors (Lipinski definition) is 1.